The van der Waals surface area contributed by atoms with Gasteiger partial charge in [0.1, 0.15) is 17.6 Å². The minimum absolute atomic E-state index is 0.0533. The van der Waals surface area contributed by atoms with E-state index in [0.29, 0.717) is 41.2 Å². The molecule has 0 saturated carbocycles. The molecule has 1 aromatic carbocycles. The molecule has 200 valence electrons. The molecule has 5 heterocycles. The third-order valence-electron chi connectivity index (χ3n) is 7.42. The summed E-state index contributed by atoms with van der Waals surface area (Å²) in [6, 6.07) is 16.5. The maximum atomic E-state index is 13.9. The highest BCUT2D eigenvalue weighted by molar-refractivity contribution is 5.89. The molecule has 1 saturated heterocycles. The van der Waals surface area contributed by atoms with Gasteiger partial charge in [0, 0.05) is 31.9 Å². The second kappa shape index (κ2) is 10.2. The highest BCUT2D eigenvalue weighted by Crippen LogP contribution is 2.27. The number of rotatable bonds is 6. The molecular weight excluding hydrogens is 508 g/mol. The average molecular weight is 535 g/mol. The van der Waals surface area contributed by atoms with Crippen molar-refractivity contribution in [3.05, 3.63) is 94.7 Å². The van der Waals surface area contributed by atoms with E-state index in [1.807, 2.05) is 43.4 Å². The Kier molecular flexibility index (Phi) is 6.45. The lowest BCUT2D eigenvalue weighted by Gasteiger charge is -2.16. The van der Waals surface area contributed by atoms with E-state index in [4.69, 9.17) is 4.74 Å². The molecule has 1 atom stereocenters. The van der Waals surface area contributed by atoms with Gasteiger partial charge in [0.25, 0.3) is 0 Å². The van der Waals surface area contributed by atoms with E-state index < -0.39 is 5.97 Å². The highest BCUT2D eigenvalue weighted by Gasteiger charge is 2.29. The van der Waals surface area contributed by atoms with Crippen LogP contribution in [0.5, 0.6) is 0 Å². The number of carbonyl (C=O) groups is 1. The number of carbonyl (C=O) groups excluding carboxylic acids is 1. The summed E-state index contributed by atoms with van der Waals surface area (Å²) in [4.78, 5) is 41.4. The minimum atomic E-state index is -0.394. The van der Waals surface area contributed by atoms with Crippen molar-refractivity contribution in [1.29, 1.82) is 5.26 Å². The van der Waals surface area contributed by atoms with Gasteiger partial charge >= 0.3 is 11.7 Å². The lowest BCUT2D eigenvalue weighted by molar-refractivity contribution is 0.0600. The van der Waals surface area contributed by atoms with Gasteiger partial charge in [-0.1, -0.05) is 12.1 Å². The van der Waals surface area contributed by atoms with Crippen LogP contribution < -0.4 is 5.69 Å². The van der Waals surface area contributed by atoms with Gasteiger partial charge in [-0.25, -0.2) is 19.6 Å². The van der Waals surface area contributed by atoms with Crippen molar-refractivity contribution in [2.24, 2.45) is 7.05 Å². The number of nitrogens with zero attached hydrogens (tertiary/aromatic N) is 8. The van der Waals surface area contributed by atoms with Gasteiger partial charge < -0.3 is 9.30 Å². The van der Waals surface area contributed by atoms with Crippen LogP contribution in [0, 0.1) is 11.3 Å². The van der Waals surface area contributed by atoms with Crippen molar-refractivity contribution < 1.29 is 9.53 Å². The molecule has 0 spiro atoms. The van der Waals surface area contributed by atoms with Crippen LogP contribution in [0.3, 0.4) is 0 Å². The van der Waals surface area contributed by atoms with Crippen molar-refractivity contribution >= 4 is 17.1 Å². The maximum Gasteiger partial charge on any atom is 0.337 e. The van der Waals surface area contributed by atoms with Crippen LogP contribution >= 0.6 is 0 Å². The van der Waals surface area contributed by atoms with Gasteiger partial charge in [-0.15, -0.1) is 0 Å². The van der Waals surface area contributed by atoms with Crippen molar-refractivity contribution in [2.75, 3.05) is 20.2 Å². The summed E-state index contributed by atoms with van der Waals surface area (Å²) in [5.74, 6) is 0.422. The second-order valence-corrected chi connectivity index (χ2v) is 9.71. The van der Waals surface area contributed by atoms with Crippen molar-refractivity contribution in [1.82, 2.24) is 33.6 Å². The fourth-order valence-electron chi connectivity index (χ4n) is 5.28. The van der Waals surface area contributed by atoms with E-state index in [2.05, 4.69) is 25.9 Å². The molecule has 6 rings (SSSR count). The first-order chi connectivity index (χ1) is 19.5. The summed E-state index contributed by atoms with van der Waals surface area (Å²) in [7, 11) is 3.19. The number of hydrogen-bond donors (Lipinski definition) is 0. The van der Waals surface area contributed by atoms with Gasteiger partial charge in [-0.3, -0.25) is 19.0 Å². The Morgan fingerprint density at radius 3 is 2.62 bits per heavy atom. The molecule has 0 aliphatic carbocycles. The molecule has 11 heteroatoms. The van der Waals surface area contributed by atoms with Gasteiger partial charge in [-0.2, -0.15) is 5.26 Å². The van der Waals surface area contributed by atoms with Crippen LogP contribution in [0.2, 0.25) is 0 Å². The standard InChI is InChI=1S/C29H26N8O3/c1-34-23(14-30)16-33-26(34)18-35-13-11-22(17-35)37-27-25(4-3-12-31-27)36(29(37)39)21-9-10-24(32-15-21)19-5-7-20(8-6-19)28(38)40-2/h3-10,12,15-16,22H,11,13,17-18H2,1-2H3/t22-/m1/s1. The van der Waals surface area contributed by atoms with Crippen molar-refractivity contribution in [3.63, 3.8) is 0 Å². The summed E-state index contributed by atoms with van der Waals surface area (Å²) in [5, 5.41) is 9.23. The molecule has 1 aliphatic rings. The van der Waals surface area contributed by atoms with E-state index in [0.717, 1.165) is 30.0 Å². The average Bonchev–Trinajstić information content (AvgIpc) is 3.68. The third kappa shape index (κ3) is 4.34. The van der Waals surface area contributed by atoms with Crippen LogP contribution in [0.1, 0.15) is 34.3 Å². The number of nitriles is 1. The zero-order valence-corrected chi connectivity index (χ0v) is 22.1. The van der Waals surface area contributed by atoms with E-state index in [9.17, 15) is 14.9 Å². The van der Waals surface area contributed by atoms with E-state index in [-0.39, 0.29) is 11.7 Å². The fraction of sp³-hybridized carbons (Fsp3) is 0.241. The van der Waals surface area contributed by atoms with Crippen LogP contribution in [0.4, 0.5) is 0 Å². The highest BCUT2D eigenvalue weighted by atomic mass is 16.5. The smallest absolute Gasteiger partial charge is 0.337 e. The van der Waals surface area contributed by atoms with Gasteiger partial charge in [0.05, 0.1) is 54.6 Å². The number of methoxy groups -OCH3 is 1. The van der Waals surface area contributed by atoms with Gasteiger partial charge in [0.15, 0.2) is 5.65 Å². The minimum Gasteiger partial charge on any atom is -0.465 e. The molecule has 0 amide bonds. The van der Waals surface area contributed by atoms with E-state index >= 15 is 0 Å². The van der Waals surface area contributed by atoms with Crippen LogP contribution in [-0.2, 0) is 18.3 Å². The predicted octanol–water partition coefficient (Wildman–Crippen LogP) is 3.09. The fourth-order valence-corrected chi connectivity index (χ4v) is 5.28. The number of aromatic nitrogens is 6. The Bertz CT molecular complexity index is 1810. The van der Waals surface area contributed by atoms with Crippen LogP contribution in [0.25, 0.3) is 28.1 Å². The quantitative estimate of drug-likeness (QED) is 0.305. The SMILES string of the molecule is COC(=O)c1ccc(-c2ccc(-n3c(=O)n([C@@H]4CCN(Cc5ncc(C#N)n5C)C4)c4ncccc43)cn2)cc1. The van der Waals surface area contributed by atoms with Crippen LogP contribution in [0.15, 0.2) is 71.9 Å². The first-order valence-corrected chi connectivity index (χ1v) is 12.8. The lowest BCUT2D eigenvalue weighted by Crippen LogP contribution is -2.29. The monoisotopic (exact) mass is 534 g/mol. The second-order valence-electron chi connectivity index (χ2n) is 9.71. The zero-order chi connectivity index (χ0) is 27.8. The summed E-state index contributed by atoms with van der Waals surface area (Å²) in [6.07, 6.45) is 5.76. The molecule has 0 radical (unpaired) electrons. The molecular formula is C29H26N8O3. The number of benzene rings is 1. The zero-order valence-electron chi connectivity index (χ0n) is 22.1. The summed E-state index contributed by atoms with van der Waals surface area (Å²) in [6.45, 7) is 2.07. The van der Waals surface area contributed by atoms with Crippen molar-refractivity contribution in [2.45, 2.75) is 19.0 Å². The predicted molar refractivity (Wildman–Crippen MR) is 147 cm³/mol. The molecule has 1 fully saturated rings. The number of fused-ring (bicyclic) bond motifs is 1. The molecule has 0 unspecified atom stereocenters. The van der Waals surface area contributed by atoms with Gasteiger partial charge in [0.2, 0.25) is 0 Å². The number of hydrogen-bond acceptors (Lipinski definition) is 8. The Balaban J connectivity index is 1.29. The number of esters is 1. The number of ether oxygens (including phenoxy) is 1. The first-order valence-electron chi connectivity index (χ1n) is 12.8. The molecule has 11 nitrogen and oxygen atoms in total. The number of likely N-dealkylation sites (tertiary alicyclic amines) is 1. The van der Waals surface area contributed by atoms with E-state index in [1.165, 1.54) is 7.11 Å². The van der Waals surface area contributed by atoms with Crippen molar-refractivity contribution in [3.8, 4) is 23.0 Å². The Morgan fingerprint density at radius 1 is 1.10 bits per heavy atom. The summed E-state index contributed by atoms with van der Waals surface area (Å²) in [5.41, 5.74) is 4.37. The molecule has 0 bridgehead atoms. The molecule has 5 aromatic rings. The molecule has 40 heavy (non-hydrogen) atoms. The topological polar surface area (TPSA) is 124 Å². The largest absolute Gasteiger partial charge is 0.465 e. The first kappa shape index (κ1) is 25.2. The van der Waals surface area contributed by atoms with E-state index in [1.54, 1.807) is 44.4 Å². The number of imidazole rings is 2. The molecule has 4 aromatic heterocycles. The summed E-state index contributed by atoms with van der Waals surface area (Å²) >= 11 is 0. The normalized spacial score (nSPS) is 15.4. The summed E-state index contributed by atoms with van der Waals surface area (Å²) < 4.78 is 10.0. The number of pyridine rings is 2. The molecule has 0 N–H and O–H groups in total. The third-order valence-corrected chi connectivity index (χ3v) is 7.42. The Morgan fingerprint density at radius 2 is 1.93 bits per heavy atom. The lowest BCUT2D eigenvalue weighted by atomic mass is 10.1. The van der Waals surface area contributed by atoms with Crippen LogP contribution in [-0.4, -0.2) is 59.7 Å². The maximum absolute atomic E-state index is 13.9. The van der Waals surface area contributed by atoms with Gasteiger partial charge in [-0.05, 0) is 42.8 Å². The Labute approximate surface area is 229 Å². The Hall–Kier alpha value is -5.08. The molecule has 1 aliphatic heterocycles.